The second-order valence-electron chi connectivity index (χ2n) is 3.62. The third kappa shape index (κ3) is 3.55. The number of hydrogen-bond acceptors (Lipinski definition) is 4. The lowest BCUT2D eigenvalue weighted by Gasteiger charge is -2.09. The quantitative estimate of drug-likeness (QED) is 0.817. The van der Waals surface area contributed by atoms with E-state index in [9.17, 15) is 8.42 Å². The average Bonchev–Trinajstić information content (AvgIpc) is 2.75. The number of hydrogen-bond donors (Lipinski definition) is 2. The molecule has 1 unspecified atom stereocenters. The molecule has 0 fully saturated rings. The molecule has 1 rings (SSSR count). The number of thiophene rings is 1. The molecule has 0 saturated heterocycles. The summed E-state index contributed by atoms with van der Waals surface area (Å²) in [6.07, 6.45) is 1.06. The van der Waals surface area contributed by atoms with E-state index in [1.54, 1.807) is 6.07 Å². The minimum absolute atomic E-state index is 0.371. The van der Waals surface area contributed by atoms with Gasteiger partial charge in [-0.25, -0.2) is 13.1 Å². The van der Waals surface area contributed by atoms with Crippen molar-refractivity contribution in [3.63, 3.8) is 0 Å². The van der Waals surface area contributed by atoms with Gasteiger partial charge >= 0.3 is 0 Å². The zero-order valence-corrected chi connectivity index (χ0v) is 11.4. The second-order valence-corrected chi connectivity index (χ2v) is 6.90. The van der Waals surface area contributed by atoms with E-state index in [0.717, 1.165) is 17.8 Å². The Hall–Kier alpha value is -0.430. The smallest absolute Gasteiger partial charge is 0.249 e. The molecule has 0 radical (unpaired) electrons. The van der Waals surface area contributed by atoms with Gasteiger partial charge in [-0.1, -0.05) is 6.92 Å². The van der Waals surface area contributed by atoms with Crippen molar-refractivity contribution in [2.45, 2.75) is 37.1 Å². The van der Waals surface area contributed by atoms with Crippen LogP contribution < -0.4 is 10.0 Å². The van der Waals surface area contributed by atoms with Gasteiger partial charge in [0.1, 0.15) is 4.21 Å². The molecule has 1 heterocycles. The topological polar surface area (TPSA) is 58.2 Å². The van der Waals surface area contributed by atoms with Gasteiger partial charge in [-0.2, -0.15) is 0 Å². The number of nitrogens with one attached hydrogen (secondary N) is 2. The van der Waals surface area contributed by atoms with Crippen LogP contribution in [0.3, 0.4) is 0 Å². The number of sulfonamides is 1. The Morgan fingerprint density at radius 1 is 1.44 bits per heavy atom. The van der Waals surface area contributed by atoms with Crippen molar-refractivity contribution in [3.8, 4) is 0 Å². The highest BCUT2D eigenvalue weighted by Gasteiger charge is 2.14. The molecule has 0 saturated carbocycles. The van der Waals surface area contributed by atoms with Crippen molar-refractivity contribution in [1.29, 1.82) is 0 Å². The van der Waals surface area contributed by atoms with Crippen LogP contribution in [0.15, 0.2) is 16.3 Å². The molecule has 0 aromatic carbocycles. The third-order valence-electron chi connectivity index (χ3n) is 2.41. The standard InChI is InChI=1S/C10H18N2O2S2/c1-4-8(2)12-7-9-5-6-10(15-9)16(13,14)11-3/h5-6,8,11-12H,4,7H2,1-3H3. The van der Waals surface area contributed by atoms with Gasteiger partial charge in [0.25, 0.3) is 0 Å². The van der Waals surface area contributed by atoms with Crippen molar-refractivity contribution in [1.82, 2.24) is 10.0 Å². The molecule has 1 aromatic heterocycles. The van der Waals surface area contributed by atoms with E-state index in [1.165, 1.54) is 18.4 Å². The predicted molar refractivity (Wildman–Crippen MR) is 67.2 cm³/mol. The highest BCUT2D eigenvalue weighted by atomic mass is 32.2. The van der Waals surface area contributed by atoms with Gasteiger partial charge in [-0.15, -0.1) is 11.3 Å². The zero-order chi connectivity index (χ0) is 12.2. The summed E-state index contributed by atoms with van der Waals surface area (Å²) in [6, 6.07) is 3.94. The molecule has 0 aliphatic heterocycles. The summed E-state index contributed by atoms with van der Waals surface area (Å²) in [5, 5.41) is 3.33. The summed E-state index contributed by atoms with van der Waals surface area (Å²) in [4.78, 5) is 1.04. The minimum Gasteiger partial charge on any atom is -0.309 e. The summed E-state index contributed by atoms with van der Waals surface area (Å²) in [5.74, 6) is 0. The third-order valence-corrected chi connectivity index (χ3v) is 5.40. The first-order valence-corrected chi connectivity index (χ1v) is 7.55. The molecule has 0 spiro atoms. The molecule has 1 aromatic rings. The Labute approximate surface area is 101 Å². The Kier molecular flexibility index (Phi) is 4.91. The van der Waals surface area contributed by atoms with Crippen LogP contribution >= 0.6 is 11.3 Å². The molecule has 0 aliphatic carbocycles. The van der Waals surface area contributed by atoms with E-state index < -0.39 is 10.0 Å². The molecule has 0 amide bonds. The van der Waals surface area contributed by atoms with Crippen LogP contribution in [-0.2, 0) is 16.6 Å². The van der Waals surface area contributed by atoms with Crippen molar-refractivity contribution in [2.24, 2.45) is 0 Å². The lowest BCUT2D eigenvalue weighted by molar-refractivity contribution is 0.537. The van der Waals surface area contributed by atoms with Crippen LogP contribution in [0.5, 0.6) is 0 Å². The molecule has 92 valence electrons. The maximum absolute atomic E-state index is 11.5. The molecule has 4 nitrogen and oxygen atoms in total. The van der Waals surface area contributed by atoms with Crippen molar-refractivity contribution < 1.29 is 8.42 Å². The van der Waals surface area contributed by atoms with Crippen LogP contribution in [0, 0.1) is 0 Å². The Balaban J connectivity index is 2.66. The maximum atomic E-state index is 11.5. The first kappa shape index (κ1) is 13.6. The Morgan fingerprint density at radius 3 is 2.69 bits per heavy atom. The summed E-state index contributed by atoms with van der Waals surface area (Å²) in [7, 11) is -1.86. The maximum Gasteiger partial charge on any atom is 0.249 e. The molecule has 6 heteroatoms. The van der Waals surface area contributed by atoms with Crippen molar-refractivity contribution >= 4 is 21.4 Å². The van der Waals surface area contributed by atoms with E-state index >= 15 is 0 Å². The van der Waals surface area contributed by atoms with Gasteiger partial charge in [0.2, 0.25) is 10.0 Å². The van der Waals surface area contributed by atoms with Crippen LogP contribution in [0.25, 0.3) is 0 Å². The highest BCUT2D eigenvalue weighted by Crippen LogP contribution is 2.21. The zero-order valence-electron chi connectivity index (χ0n) is 9.78. The summed E-state index contributed by atoms with van der Waals surface area (Å²) in [5.41, 5.74) is 0. The lowest BCUT2D eigenvalue weighted by atomic mass is 10.2. The fourth-order valence-electron chi connectivity index (χ4n) is 1.12. The van der Waals surface area contributed by atoms with E-state index in [0.29, 0.717) is 10.3 Å². The van der Waals surface area contributed by atoms with E-state index in [4.69, 9.17) is 0 Å². The van der Waals surface area contributed by atoms with Gasteiger partial charge in [0.05, 0.1) is 0 Å². The Bertz CT molecular complexity index is 426. The molecule has 16 heavy (non-hydrogen) atoms. The van der Waals surface area contributed by atoms with E-state index in [2.05, 4.69) is 23.9 Å². The first-order chi connectivity index (χ1) is 7.49. The second kappa shape index (κ2) is 5.77. The fourth-order valence-corrected chi connectivity index (χ4v) is 3.26. The molecule has 0 aliphatic rings. The Morgan fingerprint density at radius 2 is 2.12 bits per heavy atom. The fraction of sp³-hybridized carbons (Fsp3) is 0.600. The molecular formula is C10H18N2O2S2. The molecule has 2 N–H and O–H groups in total. The van der Waals surface area contributed by atoms with Crippen molar-refractivity contribution in [3.05, 3.63) is 17.0 Å². The van der Waals surface area contributed by atoms with Crippen LogP contribution in [0.1, 0.15) is 25.1 Å². The summed E-state index contributed by atoms with van der Waals surface area (Å²) >= 11 is 1.30. The summed E-state index contributed by atoms with van der Waals surface area (Å²) in [6.45, 7) is 4.95. The van der Waals surface area contributed by atoms with Gasteiger partial charge in [-0.3, -0.25) is 0 Å². The van der Waals surface area contributed by atoms with E-state index in [1.807, 2.05) is 6.07 Å². The van der Waals surface area contributed by atoms with Crippen LogP contribution in [0.2, 0.25) is 0 Å². The normalized spacial score (nSPS) is 13.9. The minimum atomic E-state index is -3.28. The molecule has 1 atom stereocenters. The van der Waals surface area contributed by atoms with Crippen LogP contribution in [0.4, 0.5) is 0 Å². The molecular weight excluding hydrogens is 244 g/mol. The largest absolute Gasteiger partial charge is 0.309 e. The van der Waals surface area contributed by atoms with Gasteiger partial charge in [0, 0.05) is 17.5 Å². The predicted octanol–water partition coefficient (Wildman–Crippen LogP) is 1.54. The van der Waals surface area contributed by atoms with Gasteiger partial charge in [-0.05, 0) is 32.5 Å². The van der Waals surface area contributed by atoms with Crippen LogP contribution in [-0.4, -0.2) is 21.5 Å². The molecule has 0 bridgehead atoms. The lowest BCUT2D eigenvalue weighted by Crippen LogP contribution is -2.23. The van der Waals surface area contributed by atoms with Gasteiger partial charge < -0.3 is 5.32 Å². The summed E-state index contributed by atoms with van der Waals surface area (Å²) < 4.78 is 25.7. The van der Waals surface area contributed by atoms with E-state index in [-0.39, 0.29) is 0 Å². The average molecular weight is 262 g/mol. The SMILES string of the molecule is CCC(C)NCc1ccc(S(=O)(=O)NC)s1. The monoisotopic (exact) mass is 262 g/mol. The first-order valence-electron chi connectivity index (χ1n) is 5.25. The van der Waals surface area contributed by atoms with Gasteiger partial charge in [0.15, 0.2) is 0 Å². The van der Waals surface area contributed by atoms with Crippen molar-refractivity contribution in [2.75, 3.05) is 7.05 Å². The number of rotatable bonds is 6. The highest BCUT2D eigenvalue weighted by molar-refractivity contribution is 7.91.